The van der Waals surface area contributed by atoms with Crippen LogP contribution >= 0.6 is 22.7 Å². The monoisotopic (exact) mass is 361 g/mol. The molecule has 4 heterocycles. The van der Waals surface area contributed by atoms with Crippen molar-refractivity contribution in [1.29, 1.82) is 0 Å². The van der Waals surface area contributed by atoms with E-state index in [4.69, 9.17) is 4.42 Å². The molecule has 1 fully saturated rings. The third kappa shape index (κ3) is 2.53. The van der Waals surface area contributed by atoms with Gasteiger partial charge in [-0.3, -0.25) is 4.79 Å². The van der Waals surface area contributed by atoms with E-state index in [-0.39, 0.29) is 11.9 Å². The molecular formula is C15H15N5O2S2. The minimum Gasteiger partial charge on any atom is -0.418 e. The summed E-state index contributed by atoms with van der Waals surface area (Å²) in [7, 11) is 0. The van der Waals surface area contributed by atoms with Crippen molar-refractivity contribution >= 4 is 28.6 Å². The maximum Gasteiger partial charge on any atom is 0.266 e. The van der Waals surface area contributed by atoms with E-state index in [0.717, 1.165) is 29.1 Å². The number of rotatable bonds is 3. The van der Waals surface area contributed by atoms with Crippen molar-refractivity contribution in [2.45, 2.75) is 32.7 Å². The van der Waals surface area contributed by atoms with E-state index < -0.39 is 0 Å². The lowest BCUT2D eigenvalue weighted by molar-refractivity contribution is 0.0720. The summed E-state index contributed by atoms with van der Waals surface area (Å²) in [5, 5.41) is 8.33. The second-order valence-electron chi connectivity index (χ2n) is 5.64. The van der Waals surface area contributed by atoms with Crippen LogP contribution in [0.4, 0.5) is 0 Å². The van der Waals surface area contributed by atoms with Crippen LogP contribution in [0.5, 0.6) is 0 Å². The number of nitrogens with zero attached hydrogens (tertiary/aromatic N) is 5. The van der Waals surface area contributed by atoms with Gasteiger partial charge in [0.25, 0.3) is 11.8 Å². The van der Waals surface area contributed by atoms with Gasteiger partial charge in [0.05, 0.1) is 22.4 Å². The molecule has 0 aromatic carbocycles. The van der Waals surface area contributed by atoms with E-state index in [1.54, 1.807) is 11.0 Å². The fraction of sp³-hybridized carbons (Fsp3) is 0.400. The molecule has 4 rings (SSSR count). The lowest BCUT2D eigenvalue weighted by Gasteiger charge is -2.21. The van der Waals surface area contributed by atoms with E-state index in [1.807, 2.05) is 18.7 Å². The Kier molecular flexibility index (Phi) is 3.89. The molecule has 0 radical (unpaired) electrons. The second-order valence-corrected chi connectivity index (χ2v) is 7.35. The Labute approximate surface area is 146 Å². The highest BCUT2D eigenvalue weighted by Crippen LogP contribution is 2.35. The van der Waals surface area contributed by atoms with Crippen molar-refractivity contribution in [3.05, 3.63) is 33.2 Å². The normalized spacial score (nSPS) is 17.6. The number of thiazole rings is 2. The number of hydrogen-bond donors (Lipinski definition) is 0. The zero-order chi connectivity index (χ0) is 16.7. The van der Waals surface area contributed by atoms with E-state index in [0.29, 0.717) is 23.2 Å². The highest BCUT2D eigenvalue weighted by molar-refractivity contribution is 7.13. The standard InChI is InChI=1S/C15H15N5O2S2/c1-8-11(23-6-16-8)14-19-18-13(22-14)10-4-3-5-20(10)15(21)12-9(2)17-7-24-12/h6-7,10H,3-5H2,1-2H3/t10-/m1/s1. The van der Waals surface area contributed by atoms with Gasteiger partial charge in [0, 0.05) is 6.54 Å². The number of likely N-dealkylation sites (tertiary alicyclic amines) is 1. The summed E-state index contributed by atoms with van der Waals surface area (Å²) >= 11 is 2.84. The molecule has 24 heavy (non-hydrogen) atoms. The van der Waals surface area contributed by atoms with Gasteiger partial charge in [-0.15, -0.1) is 32.9 Å². The first kappa shape index (κ1) is 15.4. The fourth-order valence-corrected chi connectivity index (χ4v) is 4.35. The predicted molar refractivity (Wildman–Crippen MR) is 90.0 cm³/mol. The van der Waals surface area contributed by atoms with Crippen molar-refractivity contribution in [1.82, 2.24) is 25.1 Å². The van der Waals surface area contributed by atoms with E-state index >= 15 is 0 Å². The van der Waals surface area contributed by atoms with Crippen LogP contribution in [0.1, 0.15) is 45.8 Å². The first-order valence-corrected chi connectivity index (χ1v) is 9.36. The van der Waals surface area contributed by atoms with Crippen LogP contribution in [0, 0.1) is 13.8 Å². The Bertz CT molecular complexity index is 884. The molecule has 0 unspecified atom stereocenters. The van der Waals surface area contributed by atoms with Crippen LogP contribution in [-0.4, -0.2) is 37.5 Å². The molecule has 1 aliphatic rings. The van der Waals surface area contributed by atoms with Gasteiger partial charge in [0.1, 0.15) is 15.8 Å². The SMILES string of the molecule is Cc1ncsc1C(=O)N1CCC[C@@H]1c1nnc(-c2scnc2C)o1. The van der Waals surface area contributed by atoms with Gasteiger partial charge < -0.3 is 9.32 Å². The summed E-state index contributed by atoms with van der Waals surface area (Å²) in [4.78, 5) is 24.6. The summed E-state index contributed by atoms with van der Waals surface area (Å²) in [5.74, 6) is 0.954. The minimum atomic E-state index is -0.173. The summed E-state index contributed by atoms with van der Waals surface area (Å²) in [6.45, 7) is 4.46. The molecule has 0 bridgehead atoms. The van der Waals surface area contributed by atoms with Crippen LogP contribution in [0.2, 0.25) is 0 Å². The molecule has 3 aromatic rings. The predicted octanol–water partition coefficient (Wildman–Crippen LogP) is 3.24. The Morgan fingerprint density at radius 2 is 2.00 bits per heavy atom. The lowest BCUT2D eigenvalue weighted by atomic mass is 10.2. The molecule has 7 nitrogen and oxygen atoms in total. The number of amides is 1. The van der Waals surface area contributed by atoms with Crippen LogP contribution in [0.3, 0.4) is 0 Å². The van der Waals surface area contributed by atoms with Gasteiger partial charge in [-0.1, -0.05) is 0 Å². The molecule has 9 heteroatoms. The summed E-state index contributed by atoms with van der Waals surface area (Å²) < 4.78 is 5.86. The maximum absolute atomic E-state index is 12.8. The zero-order valence-electron chi connectivity index (χ0n) is 13.2. The lowest BCUT2D eigenvalue weighted by Crippen LogP contribution is -2.30. The van der Waals surface area contributed by atoms with Crippen molar-refractivity contribution in [3.8, 4) is 10.8 Å². The van der Waals surface area contributed by atoms with Gasteiger partial charge >= 0.3 is 0 Å². The maximum atomic E-state index is 12.8. The first-order chi connectivity index (χ1) is 11.6. The van der Waals surface area contributed by atoms with Crippen LogP contribution in [0.15, 0.2) is 15.4 Å². The highest BCUT2D eigenvalue weighted by Gasteiger charge is 2.35. The summed E-state index contributed by atoms with van der Waals surface area (Å²) in [6, 6.07) is -0.173. The molecule has 1 atom stereocenters. The van der Waals surface area contributed by atoms with Gasteiger partial charge in [-0.25, -0.2) is 9.97 Å². The Balaban J connectivity index is 1.62. The van der Waals surface area contributed by atoms with Crippen molar-refractivity contribution in [2.75, 3.05) is 6.54 Å². The number of carbonyl (C=O) groups is 1. The Hall–Kier alpha value is -2.13. The number of aryl methyl sites for hydroxylation is 2. The Morgan fingerprint density at radius 3 is 2.71 bits per heavy atom. The van der Waals surface area contributed by atoms with Gasteiger partial charge in [0.2, 0.25) is 5.89 Å². The fourth-order valence-electron chi connectivity index (χ4n) is 2.87. The van der Waals surface area contributed by atoms with Crippen molar-refractivity contribution < 1.29 is 9.21 Å². The molecule has 1 aliphatic heterocycles. The van der Waals surface area contributed by atoms with Gasteiger partial charge in [0.15, 0.2) is 0 Å². The third-order valence-corrected chi connectivity index (χ3v) is 5.95. The molecule has 1 saturated heterocycles. The quantitative estimate of drug-likeness (QED) is 0.712. The minimum absolute atomic E-state index is 0.00813. The first-order valence-electron chi connectivity index (χ1n) is 7.60. The van der Waals surface area contributed by atoms with Crippen LogP contribution < -0.4 is 0 Å². The second kappa shape index (κ2) is 6.06. The highest BCUT2D eigenvalue weighted by atomic mass is 32.1. The molecule has 0 saturated carbocycles. The van der Waals surface area contributed by atoms with Crippen LogP contribution in [0.25, 0.3) is 10.8 Å². The van der Waals surface area contributed by atoms with Crippen molar-refractivity contribution in [2.24, 2.45) is 0 Å². The number of aromatic nitrogens is 4. The zero-order valence-corrected chi connectivity index (χ0v) is 14.9. The van der Waals surface area contributed by atoms with Crippen molar-refractivity contribution in [3.63, 3.8) is 0 Å². The summed E-state index contributed by atoms with van der Waals surface area (Å²) in [6.07, 6.45) is 1.75. The molecule has 0 N–H and O–H groups in total. The number of hydrogen-bond acceptors (Lipinski definition) is 8. The summed E-state index contributed by atoms with van der Waals surface area (Å²) in [5.41, 5.74) is 5.09. The molecule has 124 valence electrons. The molecular weight excluding hydrogens is 346 g/mol. The molecule has 0 aliphatic carbocycles. The van der Waals surface area contributed by atoms with E-state index in [9.17, 15) is 4.79 Å². The Morgan fingerprint density at radius 1 is 1.21 bits per heavy atom. The molecule has 0 spiro atoms. The molecule has 3 aromatic heterocycles. The van der Waals surface area contributed by atoms with E-state index in [2.05, 4.69) is 20.2 Å². The average Bonchev–Trinajstić information content (AvgIpc) is 3.33. The topological polar surface area (TPSA) is 85.0 Å². The van der Waals surface area contributed by atoms with Crippen LogP contribution in [-0.2, 0) is 0 Å². The largest absolute Gasteiger partial charge is 0.418 e. The third-order valence-electron chi connectivity index (χ3n) is 4.12. The number of carbonyl (C=O) groups excluding carboxylic acids is 1. The van der Waals surface area contributed by atoms with Gasteiger partial charge in [-0.2, -0.15) is 0 Å². The van der Waals surface area contributed by atoms with E-state index in [1.165, 1.54) is 22.7 Å². The average molecular weight is 361 g/mol. The van der Waals surface area contributed by atoms with Gasteiger partial charge in [-0.05, 0) is 26.7 Å². The molecule has 1 amide bonds. The smallest absolute Gasteiger partial charge is 0.266 e.